The first-order chi connectivity index (χ1) is 9.45. The van der Waals surface area contributed by atoms with Crippen LogP contribution >= 0.6 is 11.5 Å². The highest BCUT2D eigenvalue weighted by Crippen LogP contribution is 2.22. The van der Waals surface area contributed by atoms with E-state index >= 15 is 0 Å². The maximum atomic E-state index is 11.6. The fourth-order valence-corrected chi connectivity index (χ4v) is 1.96. The number of rotatable bonds is 3. The first-order valence-electron chi connectivity index (χ1n) is 6.20. The zero-order valence-corrected chi connectivity index (χ0v) is 12.4. The Morgan fingerprint density at radius 1 is 1.25 bits per heavy atom. The molecular formula is C14H16N4OS. The summed E-state index contributed by atoms with van der Waals surface area (Å²) in [4.78, 5) is 11.6. The summed E-state index contributed by atoms with van der Waals surface area (Å²) in [6.45, 7) is 6.50. The Morgan fingerprint density at radius 3 is 2.50 bits per heavy atom. The van der Waals surface area contributed by atoms with Gasteiger partial charge in [0.1, 0.15) is 0 Å². The van der Waals surface area contributed by atoms with E-state index in [0.717, 1.165) is 17.1 Å². The van der Waals surface area contributed by atoms with E-state index < -0.39 is 0 Å². The monoisotopic (exact) mass is 288 g/mol. The van der Waals surface area contributed by atoms with Gasteiger partial charge in [-0.1, -0.05) is 54.6 Å². The van der Waals surface area contributed by atoms with E-state index in [4.69, 9.17) is 0 Å². The van der Waals surface area contributed by atoms with Gasteiger partial charge in [0.15, 0.2) is 0 Å². The van der Waals surface area contributed by atoms with Crippen molar-refractivity contribution >= 4 is 28.6 Å². The van der Waals surface area contributed by atoms with Gasteiger partial charge in [-0.05, 0) is 27.8 Å². The van der Waals surface area contributed by atoms with Crippen LogP contribution in [0.25, 0.3) is 6.08 Å². The second kappa shape index (κ2) is 5.92. The molecule has 1 heterocycles. The molecule has 0 aliphatic heterocycles. The number of aromatic nitrogens is 3. The molecule has 0 atom stereocenters. The first-order valence-corrected chi connectivity index (χ1v) is 6.97. The van der Waals surface area contributed by atoms with Crippen molar-refractivity contribution in [3.8, 4) is 0 Å². The van der Waals surface area contributed by atoms with Crippen LogP contribution in [0.4, 0.5) is 5.13 Å². The van der Waals surface area contributed by atoms with Crippen LogP contribution in [-0.4, -0.2) is 20.7 Å². The minimum absolute atomic E-state index is 0.129. The highest BCUT2D eigenvalue weighted by Gasteiger charge is 2.12. The number of carbonyl (C=O) groups excluding carboxylic acids is 1. The number of hydrogen-bond donors (Lipinski definition) is 1. The Kier molecular flexibility index (Phi) is 4.24. The third-order valence-electron chi connectivity index (χ3n) is 2.73. The van der Waals surface area contributed by atoms with Gasteiger partial charge in [-0.15, -0.1) is 0 Å². The highest BCUT2D eigenvalue weighted by molar-refractivity contribution is 7.09. The lowest BCUT2D eigenvalue weighted by atomic mass is 9.87. The summed E-state index contributed by atoms with van der Waals surface area (Å²) in [6, 6.07) is 8.15. The molecule has 1 aromatic heterocycles. The van der Waals surface area contributed by atoms with Gasteiger partial charge in [0.25, 0.3) is 0 Å². The molecule has 0 aliphatic carbocycles. The number of anilines is 1. The van der Waals surface area contributed by atoms with Crippen LogP contribution in [0.1, 0.15) is 31.9 Å². The molecule has 0 bridgehead atoms. The van der Waals surface area contributed by atoms with E-state index in [1.54, 1.807) is 6.08 Å². The van der Waals surface area contributed by atoms with E-state index in [0.29, 0.717) is 5.13 Å². The first kappa shape index (κ1) is 14.3. The zero-order chi connectivity index (χ0) is 14.6. The topological polar surface area (TPSA) is 67.8 Å². The molecule has 2 rings (SSSR count). The molecule has 0 saturated carbocycles. The summed E-state index contributed by atoms with van der Waals surface area (Å²) in [7, 11) is 0. The molecule has 5 nitrogen and oxygen atoms in total. The Bertz CT molecular complexity index is 597. The van der Waals surface area contributed by atoms with E-state index in [1.165, 1.54) is 11.6 Å². The smallest absolute Gasteiger partial charge is 0.250 e. The van der Waals surface area contributed by atoms with Gasteiger partial charge < -0.3 is 0 Å². The molecule has 0 saturated heterocycles. The Balaban J connectivity index is 1.99. The van der Waals surface area contributed by atoms with Gasteiger partial charge in [0, 0.05) is 17.6 Å². The maximum Gasteiger partial charge on any atom is 0.250 e. The van der Waals surface area contributed by atoms with Crippen molar-refractivity contribution < 1.29 is 4.79 Å². The highest BCUT2D eigenvalue weighted by atomic mass is 32.1. The molecule has 6 heteroatoms. The summed E-state index contributed by atoms with van der Waals surface area (Å²) in [5.41, 5.74) is 2.37. The van der Waals surface area contributed by atoms with Gasteiger partial charge in [-0.2, -0.15) is 0 Å². The molecule has 0 unspecified atom stereocenters. The van der Waals surface area contributed by atoms with Crippen molar-refractivity contribution in [1.29, 1.82) is 0 Å². The molecule has 0 spiro atoms. The number of benzene rings is 1. The summed E-state index contributed by atoms with van der Waals surface area (Å²) < 4.78 is 3.57. The molecule has 2 aromatic rings. The average Bonchev–Trinajstić information content (AvgIpc) is 2.88. The van der Waals surface area contributed by atoms with Crippen LogP contribution in [-0.2, 0) is 10.2 Å². The molecule has 1 amide bonds. The number of amides is 1. The molecule has 1 N–H and O–H groups in total. The van der Waals surface area contributed by atoms with Gasteiger partial charge in [-0.3, -0.25) is 10.1 Å². The molecule has 0 aliphatic rings. The third kappa shape index (κ3) is 3.96. The molecule has 104 valence electrons. The van der Waals surface area contributed by atoms with Gasteiger partial charge in [0.05, 0.1) is 0 Å². The van der Waals surface area contributed by atoms with Crippen LogP contribution in [0.3, 0.4) is 0 Å². The lowest BCUT2D eigenvalue weighted by Gasteiger charge is -2.18. The quantitative estimate of drug-likeness (QED) is 0.882. The summed E-state index contributed by atoms with van der Waals surface area (Å²) >= 11 is 1.04. The van der Waals surface area contributed by atoms with Crippen LogP contribution in [0.2, 0.25) is 0 Å². The summed E-state index contributed by atoms with van der Waals surface area (Å²) in [5, 5.41) is 10.0. The van der Waals surface area contributed by atoms with Gasteiger partial charge in [-0.25, -0.2) is 0 Å². The fourth-order valence-electron chi connectivity index (χ4n) is 1.60. The van der Waals surface area contributed by atoms with Crippen molar-refractivity contribution in [2.75, 3.05) is 5.32 Å². The fraction of sp³-hybridized carbons (Fsp3) is 0.286. The zero-order valence-electron chi connectivity index (χ0n) is 11.6. The second-order valence-electron chi connectivity index (χ2n) is 5.36. The SMILES string of the molecule is CC(C)(C)c1ccc(/C=C/C(=O)Nc2nnns2)cc1. The molecule has 1 aromatic carbocycles. The van der Waals surface area contributed by atoms with Crippen molar-refractivity contribution in [2.24, 2.45) is 0 Å². The Morgan fingerprint density at radius 2 is 1.95 bits per heavy atom. The number of nitrogens with zero attached hydrogens (tertiary/aromatic N) is 3. The minimum atomic E-state index is -0.247. The molecular weight excluding hydrogens is 272 g/mol. The number of nitrogens with one attached hydrogen (secondary N) is 1. The third-order valence-corrected chi connectivity index (χ3v) is 3.24. The van der Waals surface area contributed by atoms with Crippen LogP contribution in [0.5, 0.6) is 0 Å². The van der Waals surface area contributed by atoms with Crippen molar-refractivity contribution in [2.45, 2.75) is 26.2 Å². The summed E-state index contributed by atoms with van der Waals surface area (Å²) in [5.74, 6) is -0.247. The Labute approximate surface area is 121 Å². The van der Waals surface area contributed by atoms with E-state index in [9.17, 15) is 4.79 Å². The summed E-state index contributed by atoms with van der Waals surface area (Å²) in [6.07, 6.45) is 3.23. The molecule has 20 heavy (non-hydrogen) atoms. The lowest BCUT2D eigenvalue weighted by Crippen LogP contribution is -2.10. The Hall–Kier alpha value is -2.08. The van der Waals surface area contributed by atoms with Crippen molar-refractivity contribution in [1.82, 2.24) is 14.8 Å². The van der Waals surface area contributed by atoms with Gasteiger partial charge in [0.2, 0.25) is 11.0 Å². The largest absolute Gasteiger partial charge is 0.296 e. The van der Waals surface area contributed by atoms with Crippen molar-refractivity contribution in [3.05, 3.63) is 41.5 Å². The standard InChI is InChI=1S/C14H16N4OS/c1-14(2,3)11-7-4-10(5-8-11)6-9-12(19)15-13-16-17-18-20-13/h4-9H,1-3H3,(H,15,16,18,19)/b9-6+. The lowest BCUT2D eigenvalue weighted by molar-refractivity contribution is -0.111. The van der Waals surface area contributed by atoms with Crippen LogP contribution in [0.15, 0.2) is 30.3 Å². The normalized spacial score (nSPS) is 11.8. The van der Waals surface area contributed by atoms with E-state index in [1.807, 2.05) is 12.1 Å². The molecule has 0 fully saturated rings. The van der Waals surface area contributed by atoms with Crippen LogP contribution < -0.4 is 5.32 Å². The number of hydrogen-bond acceptors (Lipinski definition) is 5. The number of carbonyl (C=O) groups is 1. The maximum absolute atomic E-state index is 11.6. The van der Waals surface area contributed by atoms with Crippen LogP contribution in [0, 0.1) is 0 Å². The molecule has 0 radical (unpaired) electrons. The average molecular weight is 288 g/mol. The predicted octanol–water partition coefficient (Wildman–Crippen LogP) is 2.88. The van der Waals surface area contributed by atoms with Crippen molar-refractivity contribution in [3.63, 3.8) is 0 Å². The van der Waals surface area contributed by atoms with E-state index in [2.05, 4.69) is 53.0 Å². The predicted molar refractivity (Wildman–Crippen MR) is 80.5 cm³/mol. The van der Waals surface area contributed by atoms with E-state index in [-0.39, 0.29) is 11.3 Å². The van der Waals surface area contributed by atoms with Gasteiger partial charge >= 0.3 is 0 Å². The second-order valence-corrected chi connectivity index (χ2v) is 6.09. The minimum Gasteiger partial charge on any atom is -0.296 e.